The van der Waals surface area contributed by atoms with E-state index in [1.165, 1.54) is 12.0 Å². The van der Waals surface area contributed by atoms with Crippen LogP contribution in [0.3, 0.4) is 0 Å². The number of para-hydroxylation sites is 1. The van der Waals surface area contributed by atoms with Gasteiger partial charge in [0.05, 0.1) is 6.10 Å². The third-order valence-corrected chi connectivity index (χ3v) is 3.74. The Morgan fingerprint density at radius 1 is 1.00 bits per heavy atom. The van der Waals surface area contributed by atoms with Crippen LogP contribution in [0.5, 0.6) is 5.75 Å². The summed E-state index contributed by atoms with van der Waals surface area (Å²) in [5.41, 5.74) is 1.18. The molecule has 0 aromatic heterocycles. The Morgan fingerprint density at radius 2 is 1.85 bits per heavy atom. The molecule has 0 aliphatic carbocycles. The molecule has 2 rings (SSSR count). The highest BCUT2D eigenvalue weighted by molar-refractivity contribution is 5.33. The van der Waals surface area contributed by atoms with E-state index in [9.17, 15) is 10.2 Å². The molecule has 0 unspecified atom stereocenters. The van der Waals surface area contributed by atoms with Crippen molar-refractivity contribution in [2.24, 2.45) is 0 Å². The first-order valence-electron chi connectivity index (χ1n) is 7.55. The molecule has 1 heterocycles. The number of ether oxygens (including phenoxy) is 1. The second-order valence-electron chi connectivity index (χ2n) is 5.40. The summed E-state index contributed by atoms with van der Waals surface area (Å²) < 4.78 is 5.68. The Bertz CT molecular complexity index is 397. The topological polar surface area (TPSA) is 61.7 Å². The fourth-order valence-corrected chi connectivity index (χ4v) is 2.45. The third-order valence-electron chi connectivity index (χ3n) is 3.74. The van der Waals surface area contributed by atoms with Gasteiger partial charge in [0, 0.05) is 0 Å². The molecular weight excluding hydrogens is 254 g/mol. The van der Waals surface area contributed by atoms with Crippen LogP contribution in [0, 0.1) is 0 Å². The number of aliphatic hydroxyl groups is 2. The Labute approximate surface area is 120 Å². The minimum Gasteiger partial charge on any atom is -0.491 e. The molecule has 0 radical (unpaired) electrons. The average Bonchev–Trinajstić information content (AvgIpc) is 2.47. The smallest absolute Gasteiger partial charge is 0.122 e. The average molecular weight is 279 g/mol. The lowest BCUT2D eigenvalue weighted by molar-refractivity contribution is -0.0114. The molecule has 4 nitrogen and oxygen atoms in total. The van der Waals surface area contributed by atoms with Gasteiger partial charge in [-0.2, -0.15) is 0 Å². The molecule has 1 aromatic carbocycles. The van der Waals surface area contributed by atoms with E-state index in [0.717, 1.165) is 38.1 Å². The summed E-state index contributed by atoms with van der Waals surface area (Å²) in [5.74, 6) is 0.828. The number of aryl methyl sites for hydroxylation is 1. The predicted molar refractivity (Wildman–Crippen MR) is 79.0 cm³/mol. The summed E-state index contributed by atoms with van der Waals surface area (Å²) in [4.78, 5) is 0. The van der Waals surface area contributed by atoms with E-state index < -0.39 is 12.2 Å². The number of benzene rings is 1. The second-order valence-corrected chi connectivity index (χ2v) is 5.40. The summed E-state index contributed by atoms with van der Waals surface area (Å²) in [6.07, 6.45) is 3.44. The zero-order chi connectivity index (χ0) is 14.2. The van der Waals surface area contributed by atoms with Crippen molar-refractivity contribution in [3.8, 4) is 5.75 Å². The van der Waals surface area contributed by atoms with E-state index in [-0.39, 0.29) is 6.61 Å². The molecule has 1 aliphatic heterocycles. The van der Waals surface area contributed by atoms with Crippen LogP contribution in [0.2, 0.25) is 0 Å². The molecule has 0 saturated heterocycles. The fraction of sp³-hybridized carbons (Fsp3) is 0.625. The van der Waals surface area contributed by atoms with Gasteiger partial charge in [-0.15, -0.1) is 0 Å². The SMILES string of the molecule is O[C@@H]1COc2ccccc2CCCCCNCC[C@@H]1O. The van der Waals surface area contributed by atoms with Gasteiger partial charge in [0.1, 0.15) is 18.5 Å². The maximum atomic E-state index is 9.91. The lowest BCUT2D eigenvalue weighted by atomic mass is 10.1. The maximum absolute atomic E-state index is 9.91. The number of hydrogen-bond donors (Lipinski definition) is 3. The Balaban J connectivity index is 2.01. The summed E-state index contributed by atoms with van der Waals surface area (Å²) >= 11 is 0. The quantitative estimate of drug-likeness (QED) is 0.673. The number of hydrogen-bond acceptors (Lipinski definition) is 4. The van der Waals surface area contributed by atoms with Gasteiger partial charge >= 0.3 is 0 Å². The van der Waals surface area contributed by atoms with Crippen LogP contribution in [-0.4, -0.2) is 42.1 Å². The van der Waals surface area contributed by atoms with E-state index in [1.807, 2.05) is 18.2 Å². The van der Waals surface area contributed by atoms with E-state index in [2.05, 4.69) is 11.4 Å². The fourth-order valence-electron chi connectivity index (χ4n) is 2.45. The van der Waals surface area contributed by atoms with Crippen LogP contribution >= 0.6 is 0 Å². The van der Waals surface area contributed by atoms with Crippen LogP contribution in [0.1, 0.15) is 31.2 Å². The molecule has 1 aliphatic rings. The summed E-state index contributed by atoms with van der Waals surface area (Å²) in [6.45, 7) is 1.84. The van der Waals surface area contributed by atoms with Crippen LogP contribution in [-0.2, 0) is 6.42 Å². The normalized spacial score (nSPS) is 26.1. The van der Waals surface area contributed by atoms with Crippen molar-refractivity contribution in [1.29, 1.82) is 0 Å². The minimum absolute atomic E-state index is 0.137. The van der Waals surface area contributed by atoms with E-state index in [4.69, 9.17) is 4.74 Å². The summed E-state index contributed by atoms with van der Waals surface area (Å²) in [6, 6.07) is 7.96. The Morgan fingerprint density at radius 3 is 2.75 bits per heavy atom. The number of fused-ring (bicyclic) bond motifs is 1. The highest BCUT2D eigenvalue weighted by Crippen LogP contribution is 2.21. The van der Waals surface area contributed by atoms with Gasteiger partial charge in [-0.05, 0) is 50.4 Å². The molecular formula is C16H25NO3. The molecule has 0 saturated carbocycles. The van der Waals surface area contributed by atoms with Crippen molar-refractivity contribution in [3.63, 3.8) is 0 Å². The van der Waals surface area contributed by atoms with Crippen molar-refractivity contribution in [1.82, 2.24) is 5.32 Å². The summed E-state index contributed by atoms with van der Waals surface area (Å²) in [5, 5.41) is 23.1. The van der Waals surface area contributed by atoms with Crippen molar-refractivity contribution >= 4 is 0 Å². The third kappa shape index (κ3) is 4.78. The van der Waals surface area contributed by atoms with Gasteiger partial charge in [0.25, 0.3) is 0 Å². The minimum atomic E-state index is -0.840. The largest absolute Gasteiger partial charge is 0.491 e. The Hall–Kier alpha value is -1.10. The lowest BCUT2D eigenvalue weighted by Crippen LogP contribution is -2.34. The molecule has 0 fully saturated rings. The van der Waals surface area contributed by atoms with Crippen molar-refractivity contribution in [3.05, 3.63) is 29.8 Å². The molecule has 3 N–H and O–H groups in total. The van der Waals surface area contributed by atoms with Crippen LogP contribution in [0.15, 0.2) is 24.3 Å². The molecule has 112 valence electrons. The Kier molecular flexibility index (Phi) is 6.30. The molecule has 0 amide bonds. The zero-order valence-electron chi connectivity index (χ0n) is 11.9. The molecule has 0 bridgehead atoms. The van der Waals surface area contributed by atoms with Gasteiger partial charge in [-0.25, -0.2) is 0 Å². The predicted octanol–water partition coefficient (Wildman–Crippen LogP) is 1.49. The highest BCUT2D eigenvalue weighted by atomic mass is 16.5. The highest BCUT2D eigenvalue weighted by Gasteiger charge is 2.17. The number of aliphatic hydroxyl groups excluding tert-OH is 2. The van der Waals surface area contributed by atoms with Crippen LogP contribution < -0.4 is 10.1 Å². The van der Waals surface area contributed by atoms with Gasteiger partial charge in [-0.1, -0.05) is 24.6 Å². The van der Waals surface area contributed by atoms with Crippen LogP contribution in [0.4, 0.5) is 0 Å². The van der Waals surface area contributed by atoms with Crippen molar-refractivity contribution < 1.29 is 14.9 Å². The zero-order valence-corrected chi connectivity index (χ0v) is 11.9. The number of nitrogens with one attached hydrogen (secondary N) is 1. The summed E-state index contributed by atoms with van der Waals surface area (Å²) in [7, 11) is 0. The second kappa shape index (κ2) is 8.25. The van der Waals surface area contributed by atoms with Gasteiger partial charge in [0.2, 0.25) is 0 Å². The van der Waals surface area contributed by atoms with Gasteiger partial charge < -0.3 is 20.3 Å². The van der Waals surface area contributed by atoms with Gasteiger partial charge in [-0.3, -0.25) is 0 Å². The lowest BCUT2D eigenvalue weighted by Gasteiger charge is -2.20. The van der Waals surface area contributed by atoms with E-state index >= 15 is 0 Å². The standard InChI is InChI=1S/C16H25NO3/c18-14-9-11-17-10-5-1-2-6-13-7-3-4-8-16(13)20-12-15(14)19/h3-4,7-8,14-15,17-19H,1-2,5-6,9-12H2/t14-,15+/m0/s1. The first kappa shape index (κ1) is 15.3. The van der Waals surface area contributed by atoms with Crippen LogP contribution in [0.25, 0.3) is 0 Å². The molecule has 1 aromatic rings. The number of rotatable bonds is 0. The maximum Gasteiger partial charge on any atom is 0.122 e. The first-order chi connectivity index (χ1) is 9.77. The van der Waals surface area contributed by atoms with Gasteiger partial charge in [0.15, 0.2) is 0 Å². The van der Waals surface area contributed by atoms with E-state index in [0.29, 0.717) is 6.42 Å². The molecule has 0 spiro atoms. The van der Waals surface area contributed by atoms with Crippen molar-refractivity contribution in [2.75, 3.05) is 19.7 Å². The molecule has 2 atom stereocenters. The molecule has 4 heteroatoms. The van der Waals surface area contributed by atoms with E-state index in [1.54, 1.807) is 0 Å². The first-order valence-corrected chi connectivity index (χ1v) is 7.55. The molecule has 20 heavy (non-hydrogen) atoms. The monoisotopic (exact) mass is 279 g/mol. The van der Waals surface area contributed by atoms with Crippen molar-refractivity contribution in [2.45, 2.75) is 44.3 Å².